The maximum Gasteiger partial charge on any atom is 0.0314 e. The van der Waals surface area contributed by atoms with Gasteiger partial charge in [-0.25, -0.2) is 0 Å². The first-order valence-corrected chi connectivity index (χ1v) is 7.39. The van der Waals surface area contributed by atoms with Gasteiger partial charge in [-0.05, 0) is 60.2 Å². The second-order valence-corrected chi connectivity index (χ2v) is 5.86. The maximum atomic E-state index is 5.69. The van der Waals surface area contributed by atoms with Gasteiger partial charge in [0.05, 0.1) is 0 Å². The molecule has 0 fully saturated rings. The van der Waals surface area contributed by atoms with Crippen molar-refractivity contribution >= 4 is 17.4 Å². The summed E-state index contributed by atoms with van der Waals surface area (Å²) in [6.45, 7) is 0. The van der Waals surface area contributed by atoms with E-state index in [1.165, 1.54) is 29.7 Å². The number of fused-ring (bicyclic) bond motifs is 1. The monoisotopic (exact) mass is 255 g/mol. The fourth-order valence-corrected chi connectivity index (χ4v) is 3.29. The van der Waals surface area contributed by atoms with Crippen LogP contribution < -0.4 is 5.73 Å². The lowest BCUT2D eigenvalue weighted by Gasteiger charge is -2.05. The van der Waals surface area contributed by atoms with Gasteiger partial charge < -0.3 is 5.73 Å². The molecule has 0 heterocycles. The molecule has 0 saturated heterocycles. The Morgan fingerprint density at radius 2 is 1.72 bits per heavy atom. The summed E-state index contributed by atoms with van der Waals surface area (Å²) < 4.78 is 0. The smallest absolute Gasteiger partial charge is 0.0314 e. The van der Waals surface area contributed by atoms with E-state index in [4.69, 9.17) is 5.73 Å². The number of benzene rings is 2. The highest BCUT2D eigenvalue weighted by atomic mass is 32.2. The van der Waals surface area contributed by atoms with Crippen LogP contribution in [0.1, 0.15) is 23.1 Å². The molecule has 0 radical (unpaired) electrons. The second-order valence-electron chi connectivity index (χ2n) is 4.81. The van der Waals surface area contributed by atoms with Gasteiger partial charge in [0.2, 0.25) is 0 Å². The lowest BCUT2D eigenvalue weighted by atomic mass is 10.1. The number of nitrogen functional groups attached to an aromatic ring is 1. The van der Waals surface area contributed by atoms with Crippen LogP contribution in [0.25, 0.3) is 0 Å². The van der Waals surface area contributed by atoms with Crippen molar-refractivity contribution in [2.24, 2.45) is 0 Å². The van der Waals surface area contributed by atoms with Crippen molar-refractivity contribution in [3.8, 4) is 0 Å². The Kier molecular flexibility index (Phi) is 3.28. The zero-order chi connectivity index (χ0) is 12.4. The van der Waals surface area contributed by atoms with Crippen molar-refractivity contribution in [2.75, 3.05) is 5.73 Å². The fraction of sp³-hybridized carbons (Fsp3) is 0.250. The van der Waals surface area contributed by atoms with Crippen molar-refractivity contribution in [3.05, 3.63) is 59.2 Å². The number of hydrogen-bond acceptors (Lipinski definition) is 2. The molecule has 0 aromatic heterocycles. The number of nitrogens with two attached hydrogens (primary N) is 1. The lowest BCUT2D eigenvalue weighted by molar-refractivity contribution is 0.911. The first-order valence-electron chi connectivity index (χ1n) is 6.40. The summed E-state index contributed by atoms with van der Waals surface area (Å²) in [6, 6.07) is 15.1. The van der Waals surface area contributed by atoms with Crippen LogP contribution in [0.4, 0.5) is 5.69 Å². The van der Waals surface area contributed by atoms with Crippen LogP contribution >= 0.6 is 11.8 Å². The highest BCUT2D eigenvalue weighted by molar-refractivity contribution is 7.98. The molecule has 0 atom stereocenters. The maximum absolute atomic E-state index is 5.69. The van der Waals surface area contributed by atoms with Crippen molar-refractivity contribution in [1.82, 2.24) is 0 Å². The molecule has 1 aliphatic carbocycles. The number of aryl methyl sites for hydroxylation is 2. The average molecular weight is 255 g/mol. The van der Waals surface area contributed by atoms with Gasteiger partial charge >= 0.3 is 0 Å². The molecule has 0 unspecified atom stereocenters. The molecule has 2 aromatic rings. The van der Waals surface area contributed by atoms with Crippen molar-refractivity contribution in [1.29, 1.82) is 0 Å². The summed E-state index contributed by atoms with van der Waals surface area (Å²) in [6.07, 6.45) is 3.85. The molecule has 2 aromatic carbocycles. The minimum atomic E-state index is 0.830. The van der Waals surface area contributed by atoms with Crippen molar-refractivity contribution in [2.45, 2.75) is 29.9 Å². The third kappa shape index (κ3) is 2.54. The van der Waals surface area contributed by atoms with Gasteiger partial charge in [0.1, 0.15) is 0 Å². The van der Waals surface area contributed by atoms with E-state index < -0.39 is 0 Å². The van der Waals surface area contributed by atoms with E-state index in [0.29, 0.717) is 0 Å². The van der Waals surface area contributed by atoms with Crippen LogP contribution in [0, 0.1) is 0 Å². The Morgan fingerprint density at radius 3 is 2.56 bits per heavy atom. The second kappa shape index (κ2) is 5.07. The average Bonchev–Trinajstić information content (AvgIpc) is 2.85. The van der Waals surface area contributed by atoms with E-state index >= 15 is 0 Å². The minimum absolute atomic E-state index is 0.830. The lowest BCUT2D eigenvalue weighted by Crippen LogP contribution is -1.87. The van der Waals surface area contributed by atoms with Crippen LogP contribution in [0.3, 0.4) is 0 Å². The van der Waals surface area contributed by atoms with Gasteiger partial charge in [0, 0.05) is 16.3 Å². The highest BCUT2D eigenvalue weighted by Gasteiger charge is 2.10. The molecule has 2 N–H and O–H groups in total. The normalized spacial score (nSPS) is 13.6. The molecule has 1 aliphatic rings. The Balaban J connectivity index is 1.68. The minimum Gasteiger partial charge on any atom is -0.399 e. The van der Waals surface area contributed by atoms with Gasteiger partial charge in [-0.1, -0.05) is 18.2 Å². The number of anilines is 1. The Morgan fingerprint density at radius 1 is 0.944 bits per heavy atom. The van der Waals surface area contributed by atoms with E-state index in [2.05, 4.69) is 30.3 Å². The van der Waals surface area contributed by atoms with Crippen LogP contribution in [-0.4, -0.2) is 0 Å². The summed E-state index contributed by atoms with van der Waals surface area (Å²) in [5.41, 5.74) is 11.1. The molecule has 92 valence electrons. The van der Waals surface area contributed by atoms with Crippen LogP contribution in [0.5, 0.6) is 0 Å². The summed E-state index contributed by atoms with van der Waals surface area (Å²) >= 11 is 1.87. The standard InChI is InChI=1S/C16H17NS/c17-15-6-8-16(9-7-15)18-11-12-4-5-13-2-1-3-14(13)10-12/h4-10H,1-3,11,17H2. The molecule has 2 heteroatoms. The number of hydrogen-bond donors (Lipinski definition) is 1. The topological polar surface area (TPSA) is 26.0 Å². The van der Waals surface area contributed by atoms with Gasteiger partial charge in [-0.2, -0.15) is 0 Å². The zero-order valence-corrected chi connectivity index (χ0v) is 11.2. The Hall–Kier alpha value is -1.41. The van der Waals surface area contributed by atoms with Crippen molar-refractivity contribution < 1.29 is 0 Å². The highest BCUT2D eigenvalue weighted by Crippen LogP contribution is 2.27. The molecule has 3 rings (SSSR count). The molecular formula is C16H17NS. The molecule has 0 spiro atoms. The molecule has 0 aliphatic heterocycles. The fourth-order valence-electron chi connectivity index (χ4n) is 2.45. The largest absolute Gasteiger partial charge is 0.399 e. The molecule has 0 amide bonds. The van der Waals surface area contributed by atoms with E-state index in [0.717, 1.165) is 11.4 Å². The van der Waals surface area contributed by atoms with Crippen LogP contribution in [0.15, 0.2) is 47.4 Å². The summed E-state index contributed by atoms with van der Waals surface area (Å²) in [7, 11) is 0. The van der Waals surface area contributed by atoms with E-state index in [1.54, 1.807) is 11.1 Å². The predicted molar refractivity (Wildman–Crippen MR) is 78.9 cm³/mol. The Bertz CT molecular complexity index is 546. The molecule has 0 saturated carbocycles. The van der Waals surface area contributed by atoms with Crippen LogP contribution in [-0.2, 0) is 18.6 Å². The summed E-state index contributed by atoms with van der Waals surface area (Å²) in [4.78, 5) is 1.28. The first-order chi connectivity index (χ1) is 8.81. The molecule has 18 heavy (non-hydrogen) atoms. The van der Waals surface area contributed by atoms with Gasteiger partial charge in [-0.3, -0.25) is 0 Å². The van der Waals surface area contributed by atoms with Crippen LogP contribution in [0.2, 0.25) is 0 Å². The number of thioether (sulfide) groups is 1. The van der Waals surface area contributed by atoms with E-state index in [9.17, 15) is 0 Å². The third-order valence-electron chi connectivity index (χ3n) is 3.45. The SMILES string of the molecule is Nc1ccc(SCc2ccc3c(c2)CCC3)cc1. The van der Waals surface area contributed by atoms with E-state index in [-0.39, 0.29) is 0 Å². The summed E-state index contributed by atoms with van der Waals surface area (Å²) in [5.74, 6) is 1.04. The van der Waals surface area contributed by atoms with Gasteiger partial charge in [0.25, 0.3) is 0 Å². The molecule has 0 bridgehead atoms. The molecular weight excluding hydrogens is 238 g/mol. The van der Waals surface area contributed by atoms with E-state index in [1.807, 2.05) is 23.9 Å². The number of rotatable bonds is 3. The Labute approximate surface area is 112 Å². The first kappa shape index (κ1) is 11.7. The van der Waals surface area contributed by atoms with Crippen molar-refractivity contribution in [3.63, 3.8) is 0 Å². The van der Waals surface area contributed by atoms with Gasteiger partial charge in [-0.15, -0.1) is 11.8 Å². The molecule has 1 nitrogen and oxygen atoms in total. The summed E-state index contributed by atoms with van der Waals surface area (Å²) in [5, 5.41) is 0. The third-order valence-corrected chi connectivity index (χ3v) is 4.53. The van der Waals surface area contributed by atoms with Gasteiger partial charge in [0.15, 0.2) is 0 Å². The zero-order valence-electron chi connectivity index (χ0n) is 10.4. The predicted octanol–water partition coefficient (Wildman–Crippen LogP) is 4.05. The quantitative estimate of drug-likeness (QED) is 0.661.